The number of hydrogen-bond acceptors (Lipinski definition) is 3. The van der Waals surface area contributed by atoms with E-state index in [4.69, 9.17) is 0 Å². The summed E-state index contributed by atoms with van der Waals surface area (Å²) in [5.41, 5.74) is 19.6. The number of fused-ring (bicyclic) bond motifs is 3. The minimum absolute atomic E-state index is 0.115. The Morgan fingerprint density at radius 2 is 0.638 bits per heavy atom. The van der Waals surface area contributed by atoms with Gasteiger partial charge in [0.05, 0.1) is 0 Å². The Kier molecular flexibility index (Phi) is 5.01. The van der Waals surface area contributed by atoms with Crippen LogP contribution >= 0.6 is 0 Å². The van der Waals surface area contributed by atoms with E-state index in [2.05, 4.69) is 178 Å². The number of para-hydroxylation sites is 4. The first-order chi connectivity index (χ1) is 23.4. The molecule has 11 rings (SSSR count). The highest BCUT2D eigenvalue weighted by Crippen LogP contribution is 2.46. The maximum absolute atomic E-state index is 2.51. The lowest BCUT2D eigenvalue weighted by Gasteiger charge is -2.50. The van der Waals surface area contributed by atoms with E-state index in [0.717, 1.165) is 0 Å². The van der Waals surface area contributed by atoms with Crippen LogP contribution < -0.4 is 47.5 Å². The molecule has 0 aliphatic carbocycles. The van der Waals surface area contributed by atoms with E-state index >= 15 is 0 Å². The minimum atomic E-state index is 0.115. The third kappa shape index (κ3) is 3.23. The van der Waals surface area contributed by atoms with Crippen LogP contribution in [0.5, 0.6) is 0 Å². The van der Waals surface area contributed by atoms with Crippen molar-refractivity contribution < 1.29 is 0 Å². The monoisotopic (exact) mass is 595 g/mol. The lowest BCUT2D eigenvalue weighted by molar-refractivity contribution is 1.24. The molecule has 47 heavy (non-hydrogen) atoms. The summed E-state index contributed by atoms with van der Waals surface area (Å²) >= 11 is 0. The van der Waals surface area contributed by atoms with Crippen LogP contribution in [0.4, 0.5) is 51.2 Å². The van der Waals surface area contributed by atoms with Crippen molar-refractivity contribution in [2.75, 3.05) is 14.7 Å². The molecule has 0 spiro atoms. The van der Waals surface area contributed by atoms with Crippen molar-refractivity contribution in [3.8, 4) is 0 Å². The molecule has 0 radical (unpaired) electrons. The third-order valence-corrected chi connectivity index (χ3v) is 10.6. The first-order valence-electron chi connectivity index (χ1n) is 16.5. The Morgan fingerprint density at radius 1 is 0.255 bits per heavy atom. The van der Waals surface area contributed by atoms with E-state index < -0.39 is 0 Å². The van der Waals surface area contributed by atoms with Crippen molar-refractivity contribution in [3.63, 3.8) is 0 Å². The molecule has 4 aliphatic rings. The molecule has 7 aromatic carbocycles. The summed E-state index contributed by atoms with van der Waals surface area (Å²) in [5.74, 6) is 0. The Morgan fingerprint density at radius 3 is 1.21 bits per heavy atom. The molecular weight excluding hydrogens is 568 g/mol. The van der Waals surface area contributed by atoms with Gasteiger partial charge in [-0.3, -0.25) is 0 Å². The molecule has 4 heterocycles. The molecule has 3 nitrogen and oxygen atoms in total. The van der Waals surface area contributed by atoms with E-state index in [0.29, 0.717) is 0 Å². The fraction of sp³-hybridized carbons (Fsp3) is 0. The second-order valence-electron chi connectivity index (χ2n) is 12.9. The highest BCUT2D eigenvalue weighted by atomic mass is 15.2. The molecule has 0 saturated carbocycles. The van der Waals surface area contributed by atoms with Crippen LogP contribution in [0.15, 0.2) is 164 Å². The van der Waals surface area contributed by atoms with E-state index in [1.807, 2.05) is 0 Å². The zero-order chi connectivity index (χ0) is 30.6. The van der Waals surface area contributed by atoms with Gasteiger partial charge in [0.2, 0.25) is 6.71 Å². The van der Waals surface area contributed by atoms with Crippen molar-refractivity contribution in [2.24, 2.45) is 0 Å². The van der Waals surface area contributed by atoms with Gasteiger partial charge in [-0.05, 0) is 100 Å². The van der Waals surface area contributed by atoms with Crippen LogP contribution in [-0.4, -0.2) is 13.4 Å². The molecule has 216 valence electrons. The fourth-order valence-corrected chi connectivity index (χ4v) is 8.97. The summed E-state index contributed by atoms with van der Waals surface area (Å²) in [4.78, 5) is 7.50. The van der Waals surface area contributed by atoms with Gasteiger partial charge in [-0.15, -0.1) is 0 Å². The van der Waals surface area contributed by atoms with E-state index in [1.54, 1.807) is 0 Å². The first-order valence-corrected chi connectivity index (χ1v) is 16.5. The normalized spacial score (nSPS) is 14.2. The van der Waals surface area contributed by atoms with Gasteiger partial charge in [0.15, 0.2) is 0 Å². The van der Waals surface area contributed by atoms with Gasteiger partial charge in [0.25, 0.3) is 6.71 Å². The van der Waals surface area contributed by atoms with Crippen molar-refractivity contribution >= 4 is 97.4 Å². The Balaban J connectivity index is 1.31. The predicted octanol–water partition coefficient (Wildman–Crippen LogP) is 6.38. The summed E-state index contributed by atoms with van der Waals surface area (Å²) in [6.45, 7) is 0.237. The molecule has 0 fully saturated rings. The van der Waals surface area contributed by atoms with E-state index in [9.17, 15) is 0 Å². The molecule has 0 unspecified atom stereocenters. The molecule has 4 aliphatic heterocycles. The Labute approximate surface area is 275 Å². The average Bonchev–Trinajstić information content (AvgIpc) is 3.14. The van der Waals surface area contributed by atoms with Gasteiger partial charge in [-0.25, -0.2) is 0 Å². The zero-order valence-corrected chi connectivity index (χ0v) is 25.6. The number of benzene rings is 7. The summed E-state index contributed by atoms with van der Waals surface area (Å²) in [7, 11) is 0. The summed E-state index contributed by atoms with van der Waals surface area (Å²) in [6, 6.07) is 60.4. The maximum Gasteiger partial charge on any atom is 0.250 e. The molecule has 0 bridgehead atoms. The van der Waals surface area contributed by atoms with Crippen LogP contribution in [0.1, 0.15) is 0 Å². The Bertz CT molecular complexity index is 2360. The van der Waals surface area contributed by atoms with Crippen LogP contribution in [0.25, 0.3) is 0 Å². The van der Waals surface area contributed by atoms with Crippen LogP contribution in [0, 0.1) is 0 Å². The molecule has 0 N–H and O–H groups in total. The first kappa shape index (κ1) is 25.3. The van der Waals surface area contributed by atoms with Crippen molar-refractivity contribution in [1.29, 1.82) is 0 Å². The molecule has 0 amide bonds. The molecule has 5 heteroatoms. The van der Waals surface area contributed by atoms with Gasteiger partial charge in [0.1, 0.15) is 0 Å². The molecule has 0 saturated heterocycles. The fourth-order valence-electron chi connectivity index (χ4n) is 8.97. The molecule has 0 atom stereocenters. The van der Waals surface area contributed by atoms with E-state index in [1.165, 1.54) is 84.0 Å². The smallest absolute Gasteiger partial charge is 0.250 e. The largest absolute Gasteiger partial charge is 0.312 e. The van der Waals surface area contributed by atoms with Gasteiger partial charge in [-0.1, -0.05) is 96.5 Å². The van der Waals surface area contributed by atoms with Crippen LogP contribution in [0.2, 0.25) is 0 Å². The van der Waals surface area contributed by atoms with Gasteiger partial charge in [0, 0.05) is 51.2 Å². The second-order valence-corrected chi connectivity index (χ2v) is 12.9. The number of hydrogen-bond donors (Lipinski definition) is 0. The SMILES string of the molecule is c1ccc(N2c3cccc4c3B3c5c2cccc5N(c2ccccc2)c2ccc5c(c23)B4c2ccccc2N5c2ccccc2)cc1. The van der Waals surface area contributed by atoms with Crippen LogP contribution in [0.3, 0.4) is 0 Å². The number of rotatable bonds is 3. The van der Waals surface area contributed by atoms with Crippen molar-refractivity contribution in [3.05, 3.63) is 164 Å². The number of anilines is 9. The minimum Gasteiger partial charge on any atom is -0.312 e. The molecule has 0 aromatic heterocycles. The lowest BCUT2D eigenvalue weighted by atomic mass is 9.19. The summed E-state index contributed by atoms with van der Waals surface area (Å²) in [5, 5.41) is 0. The standard InChI is InChI=1S/C42H27B2N3/c1-4-14-28(15-5-1)45-33-22-11-10-20-31(33)43-32-21-12-23-34-39(32)44-40-35(46(34)29-16-6-2-7-17-29)24-13-25-36(40)47(30-18-8-3-9-19-30)38-27-26-37(45)41(43)42(38)44/h1-27H. The molecule has 7 aromatic rings. The van der Waals surface area contributed by atoms with E-state index in [-0.39, 0.29) is 13.4 Å². The van der Waals surface area contributed by atoms with Gasteiger partial charge in [-0.2, -0.15) is 0 Å². The topological polar surface area (TPSA) is 9.72 Å². The lowest BCUT2D eigenvalue weighted by Crippen LogP contribution is -2.79. The molecular formula is C42H27B2N3. The third-order valence-electron chi connectivity index (χ3n) is 10.6. The Hall–Kier alpha value is -5.93. The quantitative estimate of drug-likeness (QED) is 0.220. The summed E-state index contributed by atoms with van der Waals surface area (Å²) in [6.07, 6.45) is 0. The number of nitrogens with zero attached hydrogens (tertiary/aromatic N) is 3. The predicted molar refractivity (Wildman–Crippen MR) is 200 cm³/mol. The van der Waals surface area contributed by atoms with Crippen molar-refractivity contribution in [1.82, 2.24) is 0 Å². The highest BCUT2D eigenvalue weighted by molar-refractivity contribution is 7.14. The zero-order valence-electron chi connectivity index (χ0n) is 25.6. The average molecular weight is 595 g/mol. The maximum atomic E-state index is 2.51. The highest BCUT2D eigenvalue weighted by Gasteiger charge is 2.52. The van der Waals surface area contributed by atoms with Gasteiger partial charge < -0.3 is 14.7 Å². The van der Waals surface area contributed by atoms with Gasteiger partial charge >= 0.3 is 0 Å². The summed E-state index contributed by atoms with van der Waals surface area (Å²) < 4.78 is 0. The van der Waals surface area contributed by atoms with Crippen LogP contribution in [-0.2, 0) is 0 Å². The second kappa shape index (κ2) is 9.31. The van der Waals surface area contributed by atoms with Crippen molar-refractivity contribution in [2.45, 2.75) is 0 Å².